The van der Waals surface area contributed by atoms with Crippen molar-refractivity contribution in [2.75, 3.05) is 6.54 Å². The molecule has 3 unspecified atom stereocenters. The Morgan fingerprint density at radius 3 is 2.23 bits per heavy atom. The van der Waals surface area contributed by atoms with Crippen LogP contribution in [-0.2, 0) is 24.0 Å². The van der Waals surface area contributed by atoms with Crippen LogP contribution < -0.4 is 21.3 Å². The van der Waals surface area contributed by atoms with Gasteiger partial charge in [-0.05, 0) is 55.8 Å². The van der Waals surface area contributed by atoms with Gasteiger partial charge in [-0.2, -0.15) is 0 Å². The summed E-state index contributed by atoms with van der Waals surface area (Å²) in [5.74, 6) is -3.73. The van der Waals surface area contributed by atoms with Gasteiger partial charge < -0.3 is 26.2 Å². The van der Waals surface area contributed by atoms with Gasteiger partial charge in [0, 0.05) is 25.0 Å². The lowest BCUT2D eigenvalue weighted by Gasteiger charge is -2.37. The van der Waals surface area contributed by atoms with Crippen LogP contribution in [0.25, 0.3) is 0 Å². The van der Waals surface area contributed by atoms with Gasteiger partial charge in [-0.15, -0.1) is 0 Å². The van der Waals surface area contributed by atoms with Gasteiger partial charge >= 0.3 is 0 Å². The third kappa shape index (κ3) is 9.35. The second kappa shape index (κ2) is 16.3. The number of nitrogens with zero attached hydrogens (tertiary/aromatic N) is 3. The minimum absolute atomic E-state index is 0.0593. The van der Waals surface area contributed by atoms with E-state index in [1.807, 2.05) is 34.6 Å². The summed E-state index contributed by atoms with van der Waals surface area (Å²) in [4.78, 5) is 90.3. The molecule has 0 aromatic carbocycles. The number of carbonyl (C=O) groups is 6. The first-order valence-electron chi connectivity index (χ1n) is 16.9. The summed E-state index contributed by atoms with van der Waals surface area (Å²) in [6.45, 7) is 15.0. The van der Waals surface area contributed by atoms with Crippen molar-refractivity contribution < 1.29 is 28.8 Å². The maximum Gasteiger partial charge on any atom is 0.289 e. The van der Waals surface area contributed by atoms with E-state index in [1.54, 1.807) is 25.7 Å². The molecule has 13 heteroatoms. The standard InChI is InChI=1S/C34H53N7O6/c1-9-12-23(27(42)32(46)37-20(5)10-2)38-31(45)26-22-14-11-13-21(22)18-41(26)33(47)28(34(6,7)8)40-30(44)25(19(3)4)39-29(43)24-17-35-15-16-36-24/h15-17,19-23,25-26,28H,9-14,18H2,1-8H3,(H,37,46)(H,38,45)(H,39,43)(H,40,44)/t20-,21-,22-,23?,25+,26?,28?/m0/s1. The largest absolute Gasteiger partial charge is 0.347 e. The summed E-state index contributed by atoms with van der Waals surface area (Å²) in [7, 11) is 0. The second-order valence-electron chi connectivity index (χ2n) is 14.4. The Morgan fingerprint density at radius 1 is 0.957 bits per heavy atom. The van der Waals surface area contributed by atoms with Crippen LogP contribution in [0.1, 0.15) is 104 Å². The molecule has 1 saturated carbocycles. The molecular weight excluding hydrogens is 602 g/mol. The number of nitrogens with one attached hydrogen (secondary N) is 4. The highest BCUT2D eigenvalue weighted by Gasteiger charge is 2.52. The van der Waals surface area contributed by atoms with Gasteiger partial charge in [0.1, 0.15) is 23.8 Å². The summed E-state index contributed by atoms with van der Waals surface area (Å²) in [5, 5.41) is 11.1. The fourth-order valence-electron chi connectivity index (χ4n) is 6.45. The first-order chi connectivity index (χ1) is 22.1. The number of hydrogen-bond donors (Lipinski definition) is 4. The molecule has 1 aliphatic carbocycles. The maximum atomic E-state index is 14.4. The van der Waals surface area contributed by atoms with E-state index in [4.69, 9.17) is 0 Å². The Morgan fingerprint density at radius 2 is 1.66 bits per heavy atom. The predicted molar refractivity (Wildman–Crippen MR) is 176 cm³/mol. The highest BCUT2D eigenvalue weighted by atomic mass is 16.2. The molecule has 7 atom stereocenters. The van der Waals surface area contributed by atoms with E-state index >= 15 is 0 Å². The van der Waals surface area contributed by atoms with E-state index in [0.29, 0.717) is 19.4 Å². The van der Waals surface area contributed by atoms with E-state index in [-0.39, 0.29) is 35.9 Å². The summed E-state index contributed by atoms with van der Waals surface area (Å²) < 4.78 is 0. The first kappa shape index (κ1) is 37.6. The quantitative estimate of drug-likeness (QED) is 0.220. The second-order valence-corrected chi connectivity index (χ2v) is 14.4. The zero-order valence-corrected chi connectivity index (χ0v) is 29.1. The molecule has 1 saturated heterocycles. The number of amides is 5. The first-order valence-corrected chi connectivity index (χ1v) is 16.9. The minimum atomic E-state index is -1.02. The monoisotopic (exact) mass is 655 g/mol. The van der Waals surface area contributed by atoms with Gasteiger partial charge in [-0.3, -0.25) is 33.8 Å². The van der Waals surface area contributed by atoms with Crippen molar-refractivity contribution in [3.63, 3.8) is 0 Å². The fourth-order valence-corrected chi connectivity index (χ4v) is 6.45. The lowest BCUT2D eigenvalue weighted by atomic mass is 9.85. The average molecular weight is 656 g/mol. The number of Topliss-reactive ketones (excluding diaryl/α,β-unsaturated/α-hetero) is 1. The van der Waals surface area contributed by atoms with Crippen LogP contribution in [0.2, 0.25) is 0 Å². The summed E-state index contributed by atoms with van der Waals surface area (Å²) in [5.41, 5.74) is -0.694. The topological polar surface area (TPSA) is 180 Å². The van der Waals surface area contributed by atoms with E-state index in [9.17, 15) is 28.8 Å². The molecule has 0 bridgehead atoms. The van der Waals surface area contributed by atoms with Crippen LogP contribution in [0.4, 0.5) is 0 Å². The summed E-state index contributed by atoms with van der Waals surface area (Å²) in [6, 6.07) is -4.04. The summed E-state index contributed by atoms with van der Waals surface area (Å²) >= 11 is 0. The van der Waals surface area contributed by atoms with Crippen LogP contribution in [0, 0.1) is 23.2 Å². The number of ketones is 1. The van der Waals surface area contributed by atoms with Gasteiger partial charge in [0.25, 0.3) is 11.8 Å². The molecule has 2 aliphatic rings. The molecule has 3 rings (SSSR count). The van der Waals surface area contributed by atoms with Crippen LogP contribution in [0.3, 0.4) is 0 Å². The van der Waals surface area contributed by atoms with E-state index in [1.165, 1.54) is 18.6 Å². The van der Waals surface area contributed by atoms with Crippen molar-refractivity contribution in [2.45, 2.75) is 124 Å². The average Bonchev–Trinajstić information content (AvgIpc) is 3.62. The van der Waals surface area contributed by atoms with Gasteiger partial charge in [0.2, 0.25) is 23.5 Å². The van der Waals surface area contributed by atoms with Gasteiger partial charge in [-0.25, -0.2) is 4.98 Å². The molecule has 1 aliphatic heterocycles. The van der Waals surface area contributed by atoms with Crippen molar-refractivity contribution in [1.82, 2.24) is 36.1 Å². The number of carbonyl (C=O) groups excluding carboxylic acids is 6. The van der Waals surface area contributed by atoms with Crippen LogP contribution in [0.15, 0.2) is 18.6 Å². The third-order valence-electron chi connectivity index (χ3n) is 9.30. The Bertz CT molecular complexity index is 1300. The number of fused-ring (bicyclic) bond motifs is 1. The Labute approximate surface area is 278 Å². The van der Waals surface area contributed by atoms with E-state index < -0.39 is 64.9 Å². The molecule has 2 fully saturated rings. The Hall–Kier alpha value is -3.90. The molecule has 13 nitrogen and oxygen atoms in total. The van der Waals surface area contributed by atoms with Gasteiger partial charge in [0.15, 0.2) is 0 Å². The Kier molecular flexibility index (Phi) is 13.0. The van der Waals surface area contributed by atoms with Crippen LogP contribution >= 0.6 is 0 Å². The molecular formula is C34H53N7O6. The molecule has 260 valence electrons. The van der Waals surface area contributed by atoms with Crippen molar-refractivity contribution in [3.05, 3.63) is 24.3 Å². The zero-order chi connectivity index (χ0) is 35.1. The minimum Gasteiger partial charge on any atom is -0.347 e. The van der Waals surface area contributed by atoms with Crippen LogP contribution in [0.5, 0.6) is 0 Å². The number of aromatic nitrogens is 2. The molecule has 47 heavy (non-hydrogen) atoms. The third-order valence-corrected chi connectivity index (χ3v) is 9.30. The highest BCUT2D eigenvalue weighted by Crippen LogP contribution is 2.43. The molecule has 4 N–H and O–H groups in total. The maximum absolute atomic E-state index is 14.4. The normalized spacial score (nSPS) is 21.6. The number of rotatable bonds is 14. The lowest BCUT2D eigenvalue weighted by Crippen LogP contribution is -2.62. The number of hydrogen-bond acceptors (Lipinski definition) is 8. The molecule has 1 aromatic heterocycles. The number of likely N-dealkylation sites (tertiary alicyclic amines) is 1. The zero-order valence-electron chi connectivity index (χ0n) is 29.1. The highest BCUT2D eigenvalue weighted by molar-refractivity contribution is 6.38. The smallest absolute Gasteiger partial charge is 0.289 e. The van der Waals surface area contributed by atoms with E-state index in [2.05, 4.69) is 31.2 Å². The Balaban J connectivity index is 1.85. The molecule has 1 aromatic rings. The molecule has 0 spiro atoms. The van der Waals surface area contributed by atoms with E-state index in [0.717, 1.165) is 19.3 Å². The van der Waals surface area contributed by atoms with Crippen LogP contribution in [-0.4, -0.2) is 86.9 Å². The molecule has 5 amide bonds. The van der Waals surface area contributed by atoms with Crippen molar-refractivity contribution in [3.8, 4) is 0 Å². The van der Waals surface area contributed by atoms with Crippen molar-refractivity contribution in [1.29, 1.82) is 0 Å². The lowest BCUT2D eigenvalue weighted by molar-refractivity contribution is -0.146. The summed E-state index contributed by atoms with van der Waals surface area (Å²) in [6.07, 6.45) is 8.18. The van der Waals surface area contributed by atoms with Crippen molar-refractivity contribution in [2.24, 2.45) is 23.2 Å². The van der Waals surface area contributed by atoms with Gasteiger partial charge in [0.05, 0.1) is 12.2 Å². The van der Waals surface area contributed by atoms with Crippen molar-refractivity contribution >= 4 is 35.3 Å². The predicted octanol–water partition coefficient (Wildman–Crippen LogP) is 2.16. The SMILES string of the molecule is CCCC(NC(=O)C1[C@H]2CCC[C@H]2CN1C(=O)C(NC(=O)[C@H](NC(=O)c1cnccn1)C(C)C)C(C)(C)C)C(=O)C(=O)N[C@@H](C)CC. The molecule has 0 radical (unpaired) electrons. The fraction of sp³-hybridized carbons (Fsp3) is 0.706. The van der Waals surface area contributed by atoms with Gasteiger partial charge in [-0.1, -0.05) is 61.3 Å². The molecule has 2 heterocycles.